The largest absolute Gasteiger partial charge is 0.337 e. The van der Waals surface area contributed by atoms with Gasteiger partial charge in [0.1, 0.15) is 0 Å². The summed E-state index contributed by atoms with van der Waals surface area (Å²) in [6, 6.07) is 19.3. The van der Waals surface area contributed by atoms with Gasteiger partial charge in [0, 0.05) is 29.6 Å². The van der Waals surface area contributed by atoms with Gasteiger partial charge in [0.15, 0.2) is 0 Å². The fourth-order valence-corrected chi connectivity index (χ4v) is 3.00. The number of amides is 2. The first-order valence-corrected chi connectivity index (χ1v) is 8.63. The number of benzene rings is 2. The van der Waals surface area contributed by atoms with Crippen molar-refractivity contribution in [3.8, 4) is 5.69 Å². The molecule has 122 valence electrons. The average Bonchev–Trinajstić information content (AvgIpc) is 3.15. The van der Waals surface area contributed by atoms with Gasteiger partial charge in [-0.05, 0) is 30.3 Å². The summed E-state index contributed by atoms with van der Waals surface area (Å²) in [5.41, 5.74) is 1.55. The second kappa shape index (κ2) is 8.21. The molecule has 2 aromatic carbocycles. The smallest absolute Gasteiger partial charge is 0.319 e. The molecular formula is C18H18N4OS. The lowest BCUT2D eigenvalue weighted by Gasteiger charge is -2.12. The summed E-state index contributed by atoms with van der Waals surface area (Å²) in [6.07, 6.45) is 3.55. The summed E-state index contributed by atoms with van der Waals surface area (Å²) in [5.74, 6) is 0.818. The van der Waals surface area contributed by atoms with E-state index in [2.05, 4.69) is 27.9 Å². The minimum Gasteiger partial charge on any atom is -0.337 e. The van der Waals surface area contributed by atoms with Crippen LogP contribution in [0, 0.1) is 0 Å². The third kappa shape index (κ3) is 4.39. The SMILES string of the molecule is O=C(NCCSc1ccccc1)Nc1ccccc1-n1cccn1. The second-order valence-electron chi connectivity index (χ2n) is 5.01. The van der Waals surface area contributed by atoms with E-state index < -0.39 is 0 Å². The molecule has 3 rings (SSSR count). The molecule has 0 atom stereocenters. The Labute approximate surface area is 145 Å². The third-order valence-corrected chi connectivity index (χ3v) is 4.32. The van der Waals surface area contributed by atoms with Gasteiger partial charge in [-0.25, -0.2) is 9.48 Å². The Morgan fingerprint density at radius 3 is 2.62 bits per heavy atom. The number of hydrogen-bond acceptors (Lipinski definition) is 3. The van der Waals surface area contributed by atoms with Gasteiger partial charge < -0.3 is 10.6 Å². The Hall–Kier alpha value is -2.73. The van der Waals surface area contributed by atoms with E-state index in [0.717, 1.165) is 17.1 Å². The second-order valence-corrected chi connectivity index (χ2v) is 6.18. The molecule has 0 spiro atoms. The van der Waals surface area contributed by atoms with Gasteiger partial charge in [0.25, 0.3) is 0 Å². The molecule has 1 aromatic heterocycles. The van der Waals surface area contributed by atoms with E-state index in [0.29, 0.717) is 6.54 Å². The van der Waals surface area contributed by atoms with Crippen LogP contribution in [0.25, 0.3) is 5.69 Å². The zero-order chi connectivity index (χ0) is 16.6. The minimum atomic E-state index is -0.219. The molecule has 6 heteroatoms. The highest BCUT2D eigenvalue weighted by Crippen LogP contribution is 2.19. The molecule has 1 heterocycles. The highest BCUT2D eigenvalue weighted by atomic mass is 32.2. The molecule has 0 aliphatic carbocycles. The molecule has 5 nitrogen and oxygen atoms in total. The van der Waals surface area contributed by atoms with Crippen LogP contribution in [0.15, 0.2) is 78.0 Å². The van der Waals surface area contributed by atoms with Crippen molar-refractivity contribution in [2.45, 2.75) is 4.90 Å². The van der Waals surface area contributed by atoms with Crippen LogP contribution in [0.3, 0.4) is 0 Å². The van der Waals surface area contributed by atoms with E-state index in [-0.39, 0.29) is 6.03 Å². The van der Waals surface area contributed by atoms with Crippen molar-refractivity contribution in [1.82, 2.24) is 15.1 Å². The molecule has 0 radical (unpaired) electrons. The number of urea groups is 1. The van der Waals surface area contributed by atoms with E-state index in [1.165, 1.54) is 4.90 Å². The van der Waals surface area contributed by atoms with Crippen LogP contribution in [-0.2, 0) is 0 Å². The molecule has 0 bridgehead atoms. The maximum absolute atomic E-state index is 12.1. The zero-order valence-corrected chi connectivity index (χ0v) is 13.9. The number of aromatic nitrogens is 2. The Bertz CT molecular complexity index is 775. The number of thioether (sulfide) groups is 1. The molecule has 2 amide bonds. The summed E-state index contributed by atoms with van der Waals surface area (Å²) in [5, 5.41) is 9.96. The van der Waals surface area contributed by atoms with Crippen LogP contribution in [0.4, 0.5) is 10.5 Å². The summed E-state index contributed by atoms with van der Waals surface area (Å²) in [6.45, 7) is 0.593. The Kier molecular flexibility index (Phi) is 5.52. The number of anilines is 1. The average molecular weight is 338 g/mol. The molecule has 24 heavy (non-hydrogen) atoms. The standard InChI is InChI=1S/C18H18N4OS/c23-18(19-12-14-24-15-7-2-1-3-8-15)21-16-9-4-5-10-17(16)22-13-6-11-20-22/h1-11,13H,12,14H2,(H2,19,21,23). The number of nitrogens with one attached hydrogen (secondary N) is 2. The first kappa shape index (κ1) is 16.1. The lowest BCUT2D eigenvalue weighted by Crippen LogP contribution is -2.30. The first-order valence-electron chi connectivity index (χ1n) is 7.65. The number of nitrogens with zero attached hydrogens (tertiary/aromatic N) is 2. The topological polar surface area (TPSA) is 59.0 Å². The first-order chi connectivity index (χ1) is 11.8. The van der Waals surface area contributed by atoms with Crippen molar-refractivity contribution in [2.75, 3.05) is 17.6 Å². The number of hydrogen-bond donors (Lipinski definition) is 2. The van der Waals surface area contributed by atoms with Crippen LogP contribution in [0.5, 0.6) is 0 Å². The lowest BCUT2D eigenvalue weighted by molar-refractivity contribution is 0.252. The predicted molar refractivity (Wildman–Crippen MR) is 97.8 cm³/mol. The number of carbonyl (C=O) groups is 1. The number of carbonyl (C=O) groups excluding carboxylic acids is 1. The molecule has 2 N–H and O–H groups in total. The maximum atomic E-state index is 12.1. The molecule has 0 aliphatic heterocycles. The Balaban J connectivity index is 1.51. The van der Waals surface area contributed by atoms with Crippen molar-refractivity contribution in [1.29, 1.82) is 0 Å². The van der Waals surface area contributed by atoms with Gasteiger partial charge in [0.2, 0.25) is 0 Å². The van der Waals surface area contributed by atoms with Crippen LogP contribution in [-0.4, -0.2) is 28.1 Å². The van der Waals surface area contributed by atoms with E-state index in [9.17, 15) is 4.79 Å². The fraction of sp³-hybridized carbons (Fsp3) is 0.111. The van der Waals surface area contributed by atoms with Crippen molar-refractivity contribution in [3.63, 3.8) is 0 Å². The molecular weight excluding hydrogens is 320 g/mol. The summed E-state index contributed by atoms with van der Waals surface area (Å²) < 4.78 is 1.72. The zero-order valence-electron chi connectivity index (χ0n) is 13.1. The van der Waals surface area contributed by atoms with Crippen molar-refractivity contribution in [3.05, 3.63) is 73.1 Å². The summed E-state index contributed by atoms with van der Waals surface area (Å²) in [4.78, 5) is 13.3. The molecule has 0 saturated heterocycles. The van der Waals surface area contributed by atoms with Gasteiger partial charge >= 0.3 is 6.03 Å². The van der Waals surface area contributed by atoms with Gasteiger partial charge in [-0.1, -0.05) is 30.3 Å². The monoisotopic (exact) mass is 338 g/mol. The molecule has 0 aliphatic rings. The number of rotatable bonds is 6. The Morgan fingerprint density at radius 1 is 1.04 bits per heavy atom. The van der Waals surface area contributed by atoms with Crippen LogP contribution in [0.1, 0.15) is 0 Å². The van der Waals surface area contributed by atoms with E-state index in [1.807, 2.05) is 54.7 Å². The third-order valence-electron chi connectivity index (χ3n) is 3.30. The van der Waals surface area contributed by atoms with Gasteiger partial charge in [0.05, 0.1) is 11.4 Å². The van der Waals surface area contributed by atoms with Gasteiger partial charge in [-0.15, -0.1) is 11.8 Å². The van der Waals surface area contributed by atoms with Crippen molar-refractivity contribution in [2.24, 2.45) is 0 Å². The van der Waals surface area contributed by atoms with Crippen molar-refractivity contribution < 1.29 is 4.79 Å². The van der Waals surface area contributed by atoms with Crippen LogP contribution < -0.4 is 10.6 Å². The van der Waals surface area contributed by atoms with E-state index in [1.54, 1.807) is 22.6 Å². The minimum absolute atomic E-state index is 0.219. The van der Waals surface area contributed by atoms with Crippen LogP contribution in [0.2, 0.25) is 0 Å². The predicted octanol–water partition coefficient (Wildman–Crippen LogP) is 3.79. The molecule has 3 aromatic rings. The molecule has 0 unspecified atom stereocenters. The molecule has 0 fully saturated rings. The highest BCUT2D eigenvalue weighted by molar-refractivity contribution is 7.99. The molecule has 0 saturated carbocycles. The highest BCUT2D eigenvalue weighted by Gasteiger charge is 2.07. The summed E-state index contributed by atoms with van der Waals surface area (Å²) >= 11 is 1.71. The Morgan fingerprint density at radius 2 is 1.83 bits per heavy atom. The quantitative estimate of drug-likeness (QED) is 0.531. The van der Waals surface area contributed by atoms with Gasteiger partial charge in [-0.3, -0.25) is 0 Å². The van der Waals surface area contributed by atoms with Crippen LogP contribution >= 0.6 is 11.8 Å². The maximum Gasteiger partial charge on any atom is 0.319 e. The van der Waals surface area contributed by atoms with E-state index >= 15 is 0 Å². The van der Waals surface area contributed by atoms with Crippen molar-refractivity contribution >= 4 is 23.5 Å². The van der Waals surface area contributed by atoms with Gasteiger partial charge in [-0.2, -0.15) is 5.10 Å². The number of para-hydroxylation sites is 2. The fourth-order valence-electron chi connectivity index (χ4n) is 2.21. The van der Waals surface area contributed by atoms with E-state index in [4.69, 9.17) is 0 Å². The lowest BCUT2D eigenvalue weighted by atomic mass is 10.2. The normalized spacial score (nSPS) is 10.3. The summed E-state index contributed by atoms with van der Waals surface area (Å²) in [7, 11) is 0.